The average molecular weight is 186 g/mol. The van der Waals surface area contributed by atoms with Gasteiger partial charge < -0.3 is 5.11 Å². The largest absolute Gasteiger partial charge is 0.372 e. The third-order valence-corrected chi connectivity index (χ3v) is 2.21. The Balaban J connectivity index is 2.72. The minimum absolute atomic E-state index is 0.496. The van der Waals surface area contributed by atoms with Crippen LogP contribution in [0.15, 0.2) is 24.3 Å². The van der Waals surface area contributed by atoms with Crippen LogP contribution in [0.3, 0.4) is 0 Å². The molecule has 0 bridgehead atoms. The zero-order valence-electron chi connectivity index (χ0n) is 7.78. The molecule has 0 aliphatic carbocycles. The molecular weight excluding hydrogens is 176 g/mol. The van der Waals surface area contributed by atoms with E-state index in [9.17, 15) is 5.11 Å². The number of aliphatic hydroxyl groups is 1. The van der Waals surface area contributed by atoms with Crippen LogP contribution in [0, 0.1) is 12.3 Å². The highest BCUT2D eigenvalue weighted by Gasteiger charge is 2.25. The van der Waals surface area contributed by atoms with E-state index in [2.05, 4.69) is 16.1 Å². The number of hydrogen-bond acceptors (Lipinski definition) is 2. The molecule has 0 amide bonds. The first-order chi connectivity index (χ1) is 6.65. The normalized spacial score (nSPS) is 14.9. The fourth-order valence-electron chi connectivity index (χ4n) is 1.40. The number of aromatic nitrogens is 2. The number of aromatic amines is 1. The van der Waals surface area contributed by atoms with Gasteiger partial charge in [0, 0.05) is 5.39 Å². The van der Waals surface area contributed by atoms with Crippen molar-refractivity contribution in [1.29, 1.82) is 0 Å². The van der Waals surface area contributed by atoms with Gasteiger partial charge in [-0.15, -0.1) is 6.42 Å². The highest BCUT2D eigenvalue weighted by molar-refractivity contribution is 5.82. The third kappa shape index (κ3) is 1.17. The van der Waals surface area contributed by atoms with Crippen molar-refractivity contribution in [2.24, 2.45) is 0 Å². The van der Waals surface area contributed by atoms with E-state index in [0.29, 0.717) is 5.69 Å². The SMILES string of the molecule is C#C[C@@](C)(O)c1n[nH]c2ccccc12. The van der Waals surface area contributed by atoms with Gasteiger partial charge in [-0.2, -0.15) is 5.10 Å². The predicted molar refractivity (Wildman–Crippen MR) is 54.5 cm³/mol. The lowest BCUT2D eigenvalue weighted by Gasteiger charge is -2.12. The summed E-state index contributed by atoms with van der Waals surface area (Å²) in [5, 5.41) is 17.6. The van der Waals surface area contributed by atoms with Crippen molar-refractivity contribution < 1.29 is 5.11 Å². The molecule has 3 heteroatoms. The Hall–Kier alpha value is -1.79. The molecule has 0 radical (unpaired) electrons. The van der Waals surface area contributed by atoms with Crippen LogP contribution in [0.2, 0.25) is 0 Å². The van der Waals surface area contributed by atoms with Crippen LogP contribution in [-0.4, -0.2) is 15.3 Å². The molecule has 14 heavy (non-hydrogen) atoms. The van der Waals surface area contributed by atoms with Gasteiger partial charge in [0.15, 0.2) is 5.60 Å². The molecule has 70 valence electrons. The van der Waals surface area contributed by atoms with Gasteiger partial charge >= 0.3 is 0 Å². The van der Waals surface area contributed by atoms with Crippen LogP contribution in [0.5, 0.6) is 0 Å². The average Bonchev–Trinajstić information content (AvgIpc) is 2.61. The number of nitrogens with one attached hydrogen (secondary N) is 1. The molecule has 2 aromatic rings. The summed E-state index contributed by atoms with van der Waals surface area (Å²) in [6.45, 7) is 1.55. The maximum Gasteiger partial charge on any atom is 0.167 e. The summed E-state index contributed by atoms with van der Waals surface area (Å²) in [7, 11) is 0. The van der Waals surface area contributed by atoms with E-state index in [-0.39, 0.29) is 0 Å². The Kier molecular flexibility index (Phi) is 1.80. The van der Waals surface area contributed by atoms with E-state index < -0.39 is 5.60 Å². The van der Waals surface area contributed by atoms with Gasteiger partial charge in [0.2, 0.25) is 0 Å². The van der Waals surface area contributed by atoms with Crippen molar-refractivity contribution in [2.45, 2.75) is 12.5 Å². The van der Waals surface area contributed by atoms with E-state index in [1.807, 2.05) is 24.3 Å². The van der Waals surface area contributed by atoms with E-state index in [0.717, 1.165) is 10.9 Å². The molecule has 1 heterocycles. The minimum atomic E-state index is -1.32. The molecule has 0 aliphatic rings. The Morgan fingerprint density at radius 1 is 1.50 bits per heavy atom. The van der Waals surface area contributed by atoms with Crippen LogP contribution >= 0.6 is 0 Å². The highest BCUT2D eigenvalue weighted by atomic mass is 16.3. The first-order valence-corrected chi connectivity index (χ1v) is 4.29. The van der Waals surface area contributed by atoms with Crippen LogP contribution in [0.4, 0.5) is 0 Å². The van der Waals surface area contributed by atoms with Gasteiger partial charge in [-0.25, -0.2) is 0 Å². The van der Waals surface area contributed by atoms with Gasteiger partial charge in [0.1, 0.15) is 5.69 Å². The number of benzene rings is 1. The van der Waals surface area contributed by atoms with E-state index >= 15 is 0 Å². The second kappa shape index (κ2) is 2.86. The minimum Gasteiger partial charge on any atom is -0.372 e. The van der Waals surface area contributed by atoms with Gasteiger partial charge in [-0.1, -0.05) is 24.1 Å². The molecule has 2 N–H and O–H groups in total. The zero-order valence-corrected chi connectivity index (χ0v) is 7.78. The first-order valence-electron chi connectivity index (χ1n) is 4.29. The quantitative estimate of drug-likeness (QED) is 0.661. The zero-order chi connectivity index (χ0) is 10.2. The molecule has 0 fully saturated rings. The Bertz CT molecular complexity index is 505. The summed E-state index contributed by atoms with van der Waals surface area (Å²) in [4.78, 5) is 0. The summed E-state index contributed by atoms with van der Waals surface area (Å²) in [5.41, 5.74) is 0.0493. The van der Waals surface area contributed by atoms with Crippen molar-refractivity contribution in [3.05, 3.63) is 30.0 Å². The molecule has 0 unspecified atom stereocenters. The maximum atomic E-state index is 9.86. The van der Waals surface area contributed by atoms with Crippen LogP contribution < -0.4 is 0 Å². The lowest BCUT2D eigenvalue weighted by molar-refractivity contribution is 0.119. The summed E-state index contributed by atoms with van der Waals surface area (Å²) >= 11 is 0. The predicted octanol–water partition coefficient (Wildman–Crippen LogP) is 1.40. The van der Waals surface area contributed by atoms with Gasteiger partial charge in [-0.05, 0) is 13.0 Å². The molecule has 0 spiro atoms. The molecule has 1 aromatic carbocycles. The first kappa shape index (κ1) is 8.79. The molecular formula is C11H10N2O. The summed E-state index contributed by atoms with van der Waals surface area (Å²) in [6, 6.07) is 7.54. The number of H-pyrrole nitrogens is 1. The number of rotatable bonds is 1. The van der Waals surface area contributed by atoms with Crippen molar-refractivity contribution >= 4 is 10.9 Å². The van der Waals surface area contributed by atoms with Crippen molar-refractivity contribution in [3.8, 4) is 12.3 Å². The number of para-hydroxylation sites is 1. The van der Waals surface area contributed by atoms with Crippen LogP contribution in [0.1, 0.15) is 12.6 Å². The second-order valence-electron chi connectivity index (χ2n) is 3.33. The molecule has 1 atom stereocenters. The fourth-order valence-corrected chi connectivity index (χ4v) is 1.40. The number of nitrogens with zero attached hydrogens (tertiary/aromatic N) is 1. The smallest absolute Gasteiger partial charge is 0.167 e. The summed E-state index contributed by atoms with van der Waals surface area (Å²) < 4.78 is 0. The summed E-state index contributed by atoms with van der Waals surface area (Å²) in [5.74, 6) is 2.31. The Morgan fingerprint density at radius 3 is 2.93 bits per heavy atom. The monoisotopic (exact) mass is 186 g/mol. The standard InChI is InChI=1S/C11H10N2O/c1-3-11(2,14)10-8-6-4-5-7-9(8)12-13-10/h1,4-7,14H,2H3,(H,12,13)/t11-/m1/s1. The second-order valence-corrected chi connectivity index (χ2v) is 3.33. The van der Waals surface area contributed by atoms with Crippen molar-refractivity contribution in [1.82, 2.24) is 10.2 Å². The number of terminal acetylenes is 1. The van der Waals surface area contributed by atoms with Crippen molar-refractivity contribution in [3.63, 3.8) is 0 Å². The lowest BCUT2D eigenvalue weighted by Crippen LogP contribution is -2.18. The van der Waals surface area contributed by atoms with Gasteiger partial charge in [0.25, 0.3) is 0 Å². The lowest BCUT2D eigenvalue weighted by atomic mass is 10.0. The molecule has 0 aliphatic heterocycles. The fraction of sp³-hybridized carbons (Fsp3) is 0.182. The van der Waals surface area contributed by atoms with Crippen LogP contribution in [-0.2, 0) is 5.60 Å². The molecule has 0 saturated carbocycles. The molecule has 2 rings (SSSR count). The maximum absolute atomic E-state index is 9.86. The van der Waals surface area contributed by atoms with Gasteiger partial charge in [0.05, 0.1) is 5.52 Å². The molecule has 0 saturated heterocycles. The molecule has 3 nitrogen and oxygen atoms in total. The van der Waals surface area contributed by atoms with E-state index in [1.54, 1.807) is 6.92 Å². The van der Waals surface area contributed by atoms with E-state index in [4.69, 9.17) is 6.42 Å². The summed E-state index contributed by atoms with van der Waals surface area (Å²) in [6.07, 6.45) is 5.23. The number of fused-ring (bicyclic) bond motifs is 1. The third-order valence-electron chi connectivity index (χ3n) is 2.21. The van der Waals surface area contributed by atoms with E-state index in [1.165, 1.54) is 0 Å². The van der Waals surface area contributed by atoms with Gasteiger partial charge in [-0.3, -0.25) is 5.10 Å². The van der Waals surface area contributed by atoms with Crippen molar-refractivity contribution in [2.75, 3.05) is 0 Å². The van der Waals surface area contributed by atoms with Crippen LogP contribution in [0.25, 0.3) is 10.9 Å². The topological polar surface area (TPSA) is 48.9 Å². The Labute approximate surface area is 81.8 Å². The highest BCUT2D eigenvalue weighted by Crippen LogP contribution is 2.25. The molecule has 1 aromatic heterocycles. The number of hydrogen-bond donors (Lipinski definition) is 2. The Morgan fingerprint density at radius 2 is 2.21 bits per heavy atom.